The fourth-order valence-electron chi connectivity index (χ4n) is 2.43. The minimum atomic E-state index is -0.451. The van der Waals surface area contributed by atoms with Crippen molar-refractivity contribution in [1.29, 1.82) is 0 Å². The Balaban J connectivity index is 1.95. The van der Waals surface area contributed by atoms with Crippen molar-refractivity contribution in [2.75, 3.05) is 19.7 Å². The summed E-state index contributed by atoms with van der Waals surface area (Å²) in [7, 11) is 0. The van der Waals surface area contributed by atoms with Gasteiger partial charge in [0.1, 0.15) is 5.60 Å². The summed E-state index contributed by atoms with van der Waals surface area (Å²) in [5.74, 6) is 0.260. The maximum Gasteiger partial charge on any atom is 0.410 e. The topological polar surface area (TPSA) is 64.8 Å². The lowest BCUT2D eigenvalue weighted by Crippen LogP contribution is -2.43. The summed E-state index contributed by atoms with van der Waals surface area (Å²) in [5, 5.41) is 0. The SMILES string of the molecule is CC(C)(C)OC(=O)N1CC2OCCC(N)C2C1. The molecule has 2 fully saturated rings. The van der Waals surface area contributed by atoms with Crippen LogP contribution in [0.4, 0.5) is 4.79 Å². The summed E-state index contributed by atoms with van der Waals surface area (Å²) in [5.41, 5.74) is 5.60. The number of carbonyl (C=O) groups is 1. The molecule has 2 aliphatic rings. The summed E-state index contributed by atoms with van der Waals surface area (Å²) in [6, 6.07) is 0.140. The summed E-state index contributed by atoms with van der Waals surface area (Å²) in [6.07, 6.45) is 0.706. The Morgan fingerprint density at radius 1 is 1.41 bits per heavy atom. The average molecular weight is 242 g/mol. The quantitative estimate of drug-likeness (QED) is 0.687. The predicted octanol–water partition coefficient (Wildman–Crippen LogP) is 0.970. The Bertz CT molecular complexity index is 301. The van der Waals surface area contributed by atoms with Gasteiger partial charge in [0.2, 0.25) is 0 Å². The molecule has 2 rings (SSSR count). The second-order valence-corrected chi connectivity index (χ2v) is 5.91. The third-order valence-electron chi connectivity index (χ3n) is 3.29. The summed E-state index contributed by atoms with van der Waals surface area (Å²) >= 11 is 0. The van der Waals surface area contributed by atoms with Gasteiger partial charge in [0.05, 0.1) is 12.6 Å². The molecule has 0 bridgehead atoms. The van der Waals surface area contributed by atoms with E-state index in [-0.39, 0.29) is 24.2 Å². The molecule has 0 aromatic carbocycles. The molecule has 0 aliphatic carbocycles. The first kappa shape index (κ1) is 12.6. The van der Waals surface area contributed by atoms with Gasteiger partial charge in [-0.15, -0.1) is 0 Å². The number of hydrogen-bond acceptors (Lipinski definition) is 4. The van der Waals surface area contributed by atoms with Gasteiger partial charge in [-0.1, -0.05) is 0 Å². The molecule has 2 aliphatic heterocycles. The van der Waals surface area contributed by atoms with Crippen LogP contribution in [0.5, 0.6) is 0 Å². The zero-order valence-electron chi connectivity index (χ0n) is 10.8. The Kier molecular flexibility index (Phi) is 3.32. The van der Waals surface area contributed by atoms with Crippen LogP contribution in [0.25, 0.3) is 0 Å². The lowest BCUT2D eigenvalue weighted by molar-refractivity contribution is -0.0120. The molecule has 0 aromatic heterocycles. The van der Waals surface area contributed by atoms with Crippen molar-refractivity contribution in [2.24, 2.45) is 11.7 Å². The third kappa shape index (κ3) is 2.90. The second-order valence-electron chi connectivity index (χ2n) is 5.91. The van der Waals surface area contributed by atoms with Gasteiger partial charge in [0, 0.05) is 25.1 Å². The molecule has 2 N–H and O–H groups in total. The number of hydrogen-bond donors (Lipinski definition) is 1. The molecule has 3 atom stereocenters. The van der Waals surface area contributed by atoms with Gasteiger partial charge in [-0.25, -0.2) is 4.79 Å². The fraction of sp³-hybridized carbons (Fsp3) is 0.917. The van der Waals surface area contributed by atoms with Crippen LogP contribution in [0.1, 0.15) is 27.2 Å². The van der Waals surface area contributed by atoms with Crippen molar-refractivity contribution in [2.45, 2.75) is 44.9 Å². The number of likely N-dealkylation sites (tertiary alicyclic amines) is 1. The van der Waals surface area contributed by atoms with Crippen molar-refractivity contribution in [3.8, 4) is 0 Å². The molecule has 5 heteroatoms. The fourth-order valence-corrected chi connectivity index (χ4v) is 2.43. The first-order valence-electron chi connectivity index (χ1n) is 6.22. The summed E-state index contributed by atoms with van der Waals surface area (Å²) in [4.78, 5) is 13.6. The van der Waals surface area contributed by atoms with Crippen LogP contribution >= 0.6 is 0 Å². The van der Waals surface area contributed by atoms with Crippen LogP contribution in [0.2, 0.25) is 0 Å². The standard InChI is InChI=1S/C12H22N2O3/c1-12(2,3)17-11(15)14-6-8-9(13)4-5-16-10(8)7-14/h8-10H,4-7,13H2,1-3H3. The minimum Gasteiger partial charge on any atom is -0.444 e. The van der Waals surface area contributed by atoms with E-state index in [2.05, 4.69) is 0 Å². The van der Waals surface area contributed by atoms with Crippen molar-refractivity contribution < 1.29 is 14.3 Å². The Labute approximate surface area is 102 Å². The number of carbonyl (C=O) groups excluding carboxylic acids is 1. The second kappa shape index (κ2) is 4.46. The molecule has 3 unspecified atom stereocenters. The van der Waals surface area contributed by atoms with E-state index < -0.39 is 5.60 Å². The molecule has 0 radical (unpaired) electrons. The molecule has 1 amide bonds. The van der Waals surface area contributed by atoms with Crippen LogP contribution in [-0.4, -0.2) is 48.4 Å². The Hall–Kier alpha value is -0.810. The number of amides is 1. The predicted molar refractivity (Wildman–Crippen MR) is 63.6 cm³/mol. The van der Waals surface area contributed by atoms with Crippen LogP contribution in [0.3, 0.4) is 0 Å². The molecule has 98 valence electrons. The lowest BCUT2D eigenvalue weighted by Gasteiger charge is -2.29. The molecular weight excluding hydrogens is 220 g/mol. The van der Waals surface area contributed by atoms with Crippen LogP contribution < -0.4 is 5.73 Å². The Morgan fingerprint density at radius 2 is 2.12 bits per heavy atom. The molecule has 5 nitrogen and oxygen atoms in total. The maximum atomic E-state index is 11.9. The highest BCUT2D eigenvalue weighted by molar-refractivity contribution is 5.68. The van der Waals surface area contributed by atoms with E-state index in [0.717, 1.165) is 6.42 Å². The monoisotopic (exact) mass is 242 g/mol. The van der Waals surface area contributed by atoms with Gasteiger partial charge in [-0.3, -0.25) is 0 Å². The highest BCUT2D eigenvalue weighted by atomic mass is 16.6. The van der Waals surface area contributed by atoms with E-state index in [1.807, 2.05) is 20.8 Å². The van der Waals surface area contributed by atoms with Crippen LogP contribution in [-0.2, 0) is 9.47 Å². The van der Waals surface area contributed by atoms with Crippen LogP contribution in [0.15, 0.2) is 0 Å². The van der Waals surface area contributed by atoms with Crippen molar-refractivity contribution in [3.05, 3.63) is 0 Å². The lowest BCUT2D eigenvalue weighted by atomic mass is 9.93. The average Bonchev–Trinajstić information content (AvgIpc) is 2.60. The maximum absolute atomic E-state index is 11.9. The van der Waals surface area contributed by atoms with E-state index >= 15 is 0 Å². The number of nitrogens with zero attached hydrogens (tertiary/aromatic N) is 1. The smallest absolute Gasteiger partial charge is 0.410 e. The molecule has 0 aromatic rings. The molecule has 17 heavy (non-hydrogen) atoms. The van der Waals surface area contributed by atoms with Crippen LogP contribution in [0, 0.1) is 5.92 Å². The molecule has 0 saturated carbocycles. The van der Waals surface area contributed by atoms with Gasteiger partial charge >= 0.3 is 6.09 Å². The van der Waals surface area contributed by atoms with E-state index in [0.29, 0.717) is 19.7 Å². The molecular formula is C12H22N2O3. The summed E-state index contributed by atoms with van der Waals surface area (Å²) < 4.78 is 11.0. The number of rotatable bonds is 0. The van der Waals surface area contributed by atoms with E-state index in [9.17, 15) is 4.79 Å². The normalized spacial score (nSPS) is 33.4. The van der Waals surface area contributed by atoms with Gasteiger partial charge < -0.3 is 20.1 Å². The minimum absolute atomic E-state index is 0.0891. The van der Waals surface area contributed by atoms with E-state index in [1.54, 1.807) is 4.90 Å². The zero-order chi connectivity index (χ0) is 12.6. The van der Waals surface area contributed by atoms with Gasteiger partial charge in [-0.05, 0) is 27.2 Å². The first-order valence-corrected chi connectivity index (χ1v) is 6.22. The summed E-state index contributed by atoms with van der Waals surface area (Å²) in [6.45, 7) is 7.57. The Morgan fingerprint density at radius 3 is 2.71 bits per heavy atom. The molecule has 2 saturated heterocycles. The van der Waals surface area contributed by atoms with E-state index in [1.165, 1.54) is 0 Å². The van der Waals surface area contributed by atoms with Gasteiger partial charge in [0.15, 0.2) is 0 Å². The first-order chi connectivity index (χ1) is 7.87. The molecule has 0 spiro atoms. The number of fused-ring (bicyclic) bond motifs is 1. The third-order valence-corrected chi connectivity index (χ3v) is 3.29. The zero-order valence-corrected chi connectivity index (χ0v) is 10.8. The van der Waals surface area contributed by atoms with Gasteiger partial charge in [-0.2, -0.15) is 0 Å². The highest BCUT2D eigenvalue weighted by Crippen LogP contribution is 2.28. The highest BCUT2D eigenvalue weighted by Gasteiger charge is 2.42. The van der Waals surface area contributed by atoms with Crippen molar-refractivity contribution >= 4 is 6.09 Å². The largest absolute Gasteiger partial charge is 0.444 e. The number of ether oxygens (including phenoxy) is 2. The van der Waals surface area contributed by atoms with Crippen molar-refractivity contribution in [3.63, 3.8) is 0 Å². The molecule has 2 heterocycles. The van der Waals surface area contributed by atoms with E-state index in [4.69, 9.17) is 15.2 Å². The van der Waals surface area contributed by atoms with Crippen molar-refractivity contribution in [1.82, 2.24) is 4.90 Å². The number of nitrogens with two attached hydrogens (primary N) is 1. The van der Waals surface area contributed by atoms with Gasteiger partial charge in [0.25, 0.3) is 0 Å².